The van der Waals surface area contributed by atoms with Gasteiger partial charge in [0.15, 0.2) is 0 Å². The van der Waals surface area contributed by atoms with Gasteiger partial charge < -0.3 is 0 Å². The van der Waals surface area contributed by atoms with E-state index in [4.69, 9.17) is 0 Å². The zero-order valence-corrected chi connectivity index (χ0v) is 16.2. The van der Waals surface area contributed by atoms with E-state index in [0.29, 0.717) is 0 Å². The average Bonchev–Trinajstić information content (AvgIpc) is 2.55. The Labute approximate surface area is 141 Å². The molecule has 0 aliphatic heterocycles. The van der Waals surface area contributed by atoms with E-state index in [9.17, 15) is 0 Å². The molecule has 0 unspecified atom stereocenters. The summed E-state index contributed by atoms with van der Waals surface area (Å²) in [5.41, 5.74) is 0. The highest BCUT2D eigenvalue weighted by atomic mass is 14.3. The van der Waals surface area contributed by atoms with Crippen LogP contribution in [0, 0.1) is 23.7 Å². The molecule has 0 heteroatoms. The van der Waals surface area contributed by atoms with Crippen molar-refractivity contribution in [1.29, 1.82) is 0 Å². The number of rotatable bonds is 12. The van der Waals surface area contributed by atoms with Gasteiger partial charge in [0.1, 0.15) is 0 Å². The minimum absolute atomic E-state index is 1.02. The molecule has 1 saturated carbocycles. The molecule has 0 aromatic rings. The smallest absolute Gasteiger partial charge is 0.0409 e. The Morgan fingerprint density at radius 2 is 1.18 bits per heavy atom. The standard InChI is InChI=1S/C22H44/c1-5-9-12-19(7-3)16-21-14-11-15-22(18-21)17-20(8-4)13-10-6-2/h19-22H,5-18H2,1-4H3/t19-,20+,21-,22+. The maximum Gasteiger partial charge on any atom is -0.0409 e. The van der Waals surface area contributed by atoms with Crippen LogP contribution in [-0.2, 0) is 0 Å². The lowest BCUT2D eigenvalue weighted by atomic mass is 9.73. The third kappa shape index (κ3) is 8.02. The molecule has 0 N–H and O–H groups in total. The quantitative estimate of drug-likeness (QED) is 0.342. The Hall–Kier alpha value is 0. The van der Waals surface area contributed by atoms with Crippen LogP contribution >= 0.6 is 0 Å². The first-order chi connectivity index (χ1) is 10.7. The van der Waals surface area contributed by atoms with Crippen LogP contribution in [0.1, 0.15) is 118 Å². The fourth-order valence-corrected chi connectivity index (χ4v) is 4.74. The van der Waals surface area contributed by atoms with E-state index in [-0.39, 0.29) is 0 Å². The Morgan fingerprint density at radius 1 is 0.727 bits per heavy atom. The van der Waals surface area contributed by atoms with Gasteiger partial charge in [-0.15, -0.1) is 0 Å². The normalized spacial score (nSPS) is 25.1. The van der Waals surface area contributed by atoms with E-state index < -0.39 is 0 Å². The van der Waals surface area contributed by atoms with Crippen molar-refractivity contribution in [3.63, 3.8) is 0 Å². The van der Waals surface area contributed by atoms with Crippen molar-refractivity contribution in [3.8, 4) is 0 Å². The summed E-state index contributed by atoms with van der Waals surface area (Å²) in [5, 5.41) is 0. The predicted octanol–water partition coefficient (Wildman–Crippen LogP) is 8.01. The van der Waals surface area contributed by atoms with Gasteiger partial charge in [-0.3, -0.25) is 0 Å². The Balaban J connectivity index is 2.36. The fraction of sp³-hybridized carbons (Fsp3) is 1.00. The van der Waals surface area contributed by atoms with E-state index in [1.165, 1.54) is 70.6 Å². The highest BCUT2D eigenvalue weighted by Crippen LogP contribution is 2.38. The van der Waals surface area contributed by atoms with Gasteiger partial charge in [0.05, 0.1) is 0 Å². The summed E-state index contributed by atoms with van der Waals surface area (Å²) >= 11 is 0. The molecule has 0 spiro atoms. The molecule has 0 saturated heterocycles. The molecule has 0 nitrogen and oxygen atoms in total. The van der Waals surface area contributed by atoms with Gasteiger partial charge in [-0.1, -0.05) is 98.3 Å². The highest BCUT2D eigenvalue weighted by Gasteiger charge is 2.25. The van der Waals surface area contributed by atoms with E-state index in [1.54, 1.807) is 19.3 Å². The molecule has 0 heterocycles. The predicted molar refractivity (Wildman–Crippen MR) is 101 cm³/mol. The summed E-state index contributed by atoms with van der Waals surface area (Å²) in [6.45, 7) is 9.51. The van der Waals surface area contributed by atoms with Crippen molar-refractivity contribution in [1.82, 2.24) is 0 Å². The first-order valence-electron chi connectivity index (χ1n) is 10.7. The summed E-state index contributed by atoms with van der Waals surface area (Å²) in [5.74, 6) is 4.16. The van der Waals surface area contributed by atoms with Crippen molar-refractivity contribution in [3.05, 3.63) is 0 Å². The van der Waals surface area contributed by atoms with Gasteiger partial charge in [0.2, 0.25) is 0 Å². The summed E-state index contributed by atoms with van der Waals surface area (Å²) in [6, 6.07) is 0. The highest BCUT2D eigenvalue weighted by molar-refractivity contribution is 4.77. The van der Waals surface area contributed by atoms with Gasteiger partial charge in [0.25, 0.3) is 0 Å². The molecule has 4 atom stereocenters. The molecule has 0 aromatic heterocycles. The zero-order chi connectivity index (χ0) is 16.2. The molecule has 1 aliphatic rings. The fourth-order valence-electron chi connectivity index (χ4n) is 4.74. The van der Waals surface area contributed by atoms with E-state index in [1.807, 2.05) is 0 Å². The van der Waals surface area contributed by atoms with Gasteiger partial charge in [-0.2, -0.15) is 0 Å². The van der Waals surface area contributed by atoms with Crippen molar-refractivity contribution >= 4 is 0 Å². The van der Waals surface area contributed by atoms with Crippen LogP contribution < -0.4 is 0 Å². The Morgan fingerprint density at radius 3 is 1.55 bits per heavy atom. The third-order valence-corrected chi connectivity index (χ3v) is 6.31. The molecule has 1 fully saturated rings. The van der Waals surface area contributed by atoms with Crippen molar-refractivity contribution in [2.45, 2.75) is 118 Å². The van der Waals surface area contributed by atoms with Crippen LogP contribution in [0.4, 0.5) is 0 Å². The molecular weight excluding hydrogens is 264 g/mol. The first-order valence-corrected chi connectivity index (χ1v) is 10.7. The molecule has 22 heavy (non-hydrogen) atoms. The molecule has 1 aliphatic carbocycles. The second-order valence-electron chi connectivity index (χ2n) is 8.20. The average molecular weight is 309 g/mol. The molecule has 0 bridgehead atoms. The van der Waals surface area contributed by atoms with Crippen molar-refractivity contribution in [2.24, 2.45) is 23.7 Å². The van der Waals surface area contributed by atoms with E-state index >= 15 is 0 Å². The molecule has 0 radical (unpaired) electrons. The zero-order valence-electron chi connectivity index (χ0n) is 16.2. The second-order valence-corrected chi connectivity index (χ2v) is 8.20. The van der Waals surface area contributed by atoms with E-state index in [2.05, 4.69) is 27.7 Å². The summed E-state index contributed by atoms with van der Waals surface area (Å²) in [7, 11) is 0. The first kappa shape index (κ1) is 20.0. The lowest BCUT2D eigenvalue weighted by Gasteiger charge is -2.33. The van der Waals surface area contributed by atoms with Crippen LogP contribution in [0.3, 0.4) is 0 Å². The lowest BCUT2D eigenvalue weighted by molar-refractivity contribution is 0.189. The van der Waals surface area contributed by atoms with Crippen molar-refractivity contribution < 1.29 is 0 Å². The van der Waals surface area contributed by atoms with Gasteiger partial charge >= 0.3 is 0 Å². The summed E-state index contributed by atoms with van der Waals surface area (Å²) < 4.78 is 0. The van der Waals surface area contributed by atoms with Crippen LogP contribution in [0.2, 0.25) is 0 Å². The summed E-state index contributed by atoms with van der Waals surface area (Å²) in [4.78, 5) is 0. The molecule has 132 valence electrons. The van der Waals surface area contributed by atoms with Gasteiger partial charge in [-0.05, 0) is 42.9 Å². The van der Waals surface area contributed by atoms with Crippen LogP contribution in [0.15, 0.2) is 0 Å². The van der Waals surface area contributed by atoms with Crippen molar-refractivity contribution in [2.75, 3.05) is 0 Å². The number of hydrogen-bond acceptors (Lipinski definition) is 0. The van der Waals surface area contributed by atoms with Gasteiger partial charge in [-0.25, -0.2) is 0 Å². The minimum Gasteiger partial charge on any atom is -0.0654 e. The second kappa shape index (κ2) is 12.4. The largest absolute Gasteiger partial charge is 0.0654 e. The monoisotopic (exact) mass is 308 g/mol. The van der Waals surface area contributed by atoms with Crippen LogP contribution in [0.5, 0.6) is 0 Å². The topological polar surface area (TPSA) is 0 Å². The molecule has 0 aromatic carbocycles. The van der Waals surface area contributed by atoms with E-state index in [0.717, 1.165) is 23.7 Å². The number of hydrogen-bond donors (Lipinski definition) is 0. The third-order valence-electron chi connectivity index (χ3n) is 6.31. The lowest BCUT2D eigenvalue weighted by Crippen LogP contribution is -2.20. The minimum atomic E-state index is 1.02. The van der Waals surface area contributed by atoms with Gasteiger partial charge in [0, 0.05) is 0 Å². The maximum absolute atomic E-state index is 2.42. The van der Waals surface area contributed by atoms with Crippen LogP contribution in [0.25, 0.3) is 0 Å². The Kier molecular flexibility index (Phi) is 11.3. The van der Waals surface area contributed by atoms with Crippen LogP contribution in [-0.4, -0.2) is 0 Å². The molecular formula is C22H44. The number of unbranched alkanes of at least 4 members (excludes halogenated alkanes) is 2. The summed E-state index contributed by atoms with van der Waals surface area (Å²) in [6.07, 6.45) is 20.7. The molecule has 1 rings (SSSR count). The maximum atomic E-state index is 2.42. The Bertz CT molecular complexity index is 220. The SMILES string of the molecule is CCCC[C@@H](CC)C[C@H]1CCC[C@@H](C[C@@H](CC)CCCC)C1. The molecule has 0 amide bonds.